The molecule has 8 nitrogen and oxygen atoms in total. The summed E-state index contributed by atoms with van der Waals surface area (Å²) in [5, 5.41) is 10.6. The zero-order valence-corrected chi connectivity index (χ0v) is 17.7. The molecule has 1 unspecified atom stereocenters. The van der Waals surface area contributed by atoms with Gasteiger partial charge in [-0.15, -0.1) is 0 Å². The minimum absolute atomic E-state index is 0.0465. The van der Waals surface area contributed by atoms with Gasteiger partial charge >= 0.3 is 5.97 Å². The first-order valence-electron chi connectivity index (χ1n) is 8.82. The van der Waals surface area contributed by atoms with E-state index in [0.29, 0.717) is 29.0 Å². The summed E-state index contributed by atoms with van der Waals surface area (Å²) in [6.45, 7) is 2.94. The highest BCUT2D eigenvalue weighted by atomic mass is 79.9. The van der Waals surface area contributed by atoms with Crippen LogP contribution in [0.25, 0.3) is 0 Å². The number of nitrogens with one attached hydrogen (secondary N) is 2. The molecule has 1 amide bonds. The lowest BCUT2D eigenvalue weighted by Gasteiger charge is -2.24. The molecule has 9 heteroatoms. The fourth-order valence-corrected chi connectivity index (χ4v) is 3.21. The summed E-state index contributed by atoms with van der Waals surface area (Å²) in [5.74, 6) is -0.733. The maximum atomic E-state index is 11.7. The minimum atomic E-state index is -0.888. The first kappa shape index (κ1) is 22.2. The number of hydrogen-bond donors (Lipinski definition) is 4. The van der Waals surface area contributed by atoms with Crippen molar-refractivity contribution in [3.05, 3.63) is 57.6 Å². The molecule has 0 saturated heterocycles. The monoisotopic (exact) mass is 462 g/mol. The van der Waals surface area contributed by atoms with Gasteiger partial charge in [0.05, 0.1) is 5.56 Å². The maximum Gasteiger partial charge on any atom is 0.304 e. The van der Waals surface area contributed by atoms with E-state index < -0.39 is 18.1 Å². The number of amidine groups is 1. The Morgan fingerprint density at radius 2 is 1.86 bits per heavy atom. The van der Waals surface area contributed by atoms with Gasteiger partial charge in [-0.1, -0.05) is 22.9 Å². The molecule has 2 aromatic carbocycles. The average molecular weight is 463 g/mol. The molecule has 0 aliphatic rings. The molecular formula is C20H23BrN4O4. The topological polar surface area (TPSA) is 141 Å². The van der Waals surface area contributed by atoms with Crippen molar-refractivity contribution in [3.8, 4) is 5.75 Å². The zero-order chi connectivity index (χ0) is 21.6. The van der Waals surface area contributed by atoms with Gasteiger partial charge in [0, 0.05) is 22.6 Å². The largest absolute Gasteiger partial charge is 0.483 e. The summed E-state index contributed by atoms with van der Waals surface area (Å²) in [4.78, 5) is 23.0. The molecule has 0 aliphatic heterocycles. The number of carbonyl (C=O) groups excluding carboxylic acids is 2. The van der Waals surface area contributed by atoms with E-state index in [1.54, 1.807) is 30.3 Å². The summed E-state index contributed by atoms with van der Waals surface area (Å²) >= 11 is 3.46. The Labute approximate surface area is 177 Å². The standard InChI is InChI=1S/C20H23BrN4O4/c1-3-12-8-14(21)9-16(18(12)28-10-17(22)27)20(29-11(2)26)25-15-6-4-13(5-7-15)19(23)24/h4-9,20,25H,3,10H2,1-2H3,(H2,22,27)(H3,23,24). The quantitative estimate of drug-likeness (QED) is 0.195. The molecule has 29 heavy (non-hydrogen) atoms. The van der Waals surface area contributed by atoms with Crippen LogP contribution < -0.4 is 21.5 Å². The minimum Gasteiger partial charge on any atom is -0.483 e. The van der Waals surface area contributed by atoms with Crippen LogP contribution in [0.1, 0.15) is 36.8 Å². The third-order valence-electron chi connectivity index (χ3n) is 3.96. The number of nitrogens with two attached hydrogens (primary N) is 2. The van der Waals surface area contributed by atoms with Crippen LogP contribution in [0, 0.1) is 5.41 Å². The highest BCUT2D eigenvalue weighted by molar-refractivity contribution is 9.10. The van der Waals surface area contributed by atoms with Gasteiger partial charge in [-0.25, -0.2) is 0 Å². The van der Waals surface area contributed by atoms with Gasteiger partial charge in [0.25, 0.3) is 5.91 Å². The van der Waals surface area contributed by atoms with Gasteiger partial charge in [-0.3, -0.25) is 15.0 Å². The Balaban J connectivity index is 2.47. The number of primary amides is 1. The number of nitrogen functional groups attached to an aromatic ring is 1. The first-order valence-corrected chi connectivity index (χ1v) is 9.62. The van der Waals surface area contributed by atoms with Crippen LogP contribution >= 0.6 is 15.9 Å². The first-order chi connectivity index (χ1) is 13.7. The van der Waals surface area contributed by atoms with Gasteiger partial charge in [0.15, 0.2) is 6.61 Å². The van der Waals surface area contributed by atoms with Crippen molar-refractivity contribution in [2.24, 2.45) is 11.5 Å². The molecule has 2 rings (SSSR count). The van der Waals surface area contributed by atoms with Crippen LogP contribution in [0.2, 0.25) is 0 Å². The third-order valence-corrected chi connectivity index (χ3v) is 4.42. The number of amides is 1. The number of aryl methyl sites for hydroxylation is 1. The maximum absolute atomic E-state index is 11.7. The fraction of sp³-hybridized carbons (Fsp3) is 0.250. The number of anilines is 1. The lowest BCUT2D eigenvalue weighted by molar-refractivity contribution is -0.145. The smallest absolute Gasteiger partial charge is 0.304 e. The lowest BCUT2D eigenvalue weighted by atomic mass is 10.0. The lowest BCUT2D eigenvalue weighted by Crippen LogP contribution is -2.23. The Morgan fingerprint density at radius 3 is 2.38 bits per heavy atom. The number of hydrogen-bond acceptors (Lipinski definition) is 6. The van der Waals surface area contributed by atoms with Gasteiger partial charge in [0.2, 0.25) is 6.23 Å². The molecule has 2 aromatic rings. The van der Waals surface area contributed by atoms with Crippen LogP contribution in [0.4, 0.5) is 5.69 Å². The van der Waals surface area contributed by atoms with Gasteiger partial charge in [-0.05, 0) is 48.4 Å². The third kappa shape index (κ3) is 6.21. The molecule has 0 aliphatic carbocycles. The van der Waals surface area contributed by atoms with E-state index >= 15 is 0 Å². The number of esters is 1. The summed E-state index contributed by atoms with van der Waals surface area (Å²) in [6, 6.07) is 10.4. The Hall–Kier alpha value is -3.07. The molecule has 0 bridgehead atoms. The van der Waals surface area contributed by atoms with Crippen molar-refractivity contribution in [1.29, 1.82) is 5.41 Å². The molecular weight excluding hydrogens is 440 g/mol. The van der Waals surface area contributed by atoms with E-state index in [4.69, 9.17) is 26.4 Å². The second-order valence-electron chi connectivity index (χ2n) is 6.22. The molecule has 6 N–H and O–H groups in total. The molecule has 1 atom stereocenters. The van der Waals surface area contributed by atoms with Crippen LogP contribution in [0.5, 0.6) is 5.75 Å². The van der Waals surface area contributed by atoms with E-state index in [1.165, 1.54) is 6.92 Å². The van der Waals surface area contributed by atoms with E-state index in [1.807, 2.05) is 13.0 Å². The Bertz CT molecular complexity index is 915. The molecule has 0 aromatic heterocycles. The fourth-order valence-electron chi connectivity index (χ4n) is 2.68. The number of ether oxygens (including phenoxy) is 2. The highest BCUT2D eigenvalue weighted by Gasteiger charge is 2.23. The Morgan fingerprint density at radius 1 is 1.21 bits per heavy atom. The number of benzene rings is 2. The van der Waals surface area contributed by atoms with E-state index in [2.05, 4.69) is 21.2 Å². The van der Waals surface area contributed by atoms with Crippen molar-refractivity contribution < 1.29 is 19.1 Å². The van der Waals surface area contributed by atoms with Crippen LogP contribution in [0.15, 0.2) is 40.9 Å². The molecule has 0 saturated carbocycles. The van der Waals surface area contributed by atoms with Crippen LogP contribution in [0.3, 0.4) is 0 Å². The SMILES string of the molecule is CCc1cc(Br)cc(C(Nc2ccc(C(=N)N)cc2)OC(C)=O)c1OCC(N)=O. The number of carbonyl (C=O) groups is 2. The average Bonchev–Trinajstić information content (AvgIpc) is 2.65. The van der Waals surface area contributed by atoms with Crippen LogP contribution in [-0.4, -0.2) is 24.3 Å². The predicted octanol–water partition coefficient (Wildman–Crippen LogP) is 2.83. The molecule has 0 heterocycles. The van der Waals surface area contributed by atoms with Crippen molar-refractivity contribution >= 4 is 39.3 Å². The highest BCUT2D eigenvalue weighted by Crippen LogP contribution is 2.35. The van der Waals surface area contributed by atoms with Crippen molar-refractivity contribution in [3.63, 3.8) is 0 Å². The normalized spacial score (nSPS) is 11.4. The predicted molar refractivity (Wildman–Crippen MR) is 114 cm³/mol. The number of rotatable bonds is 9. The Kier molecular flexibility index (Phi) is 7.60. The van der Waals surface area contributed by atoms with Gasteiger partial charge < -0.3 is 26.3 Å². The summed E-state index contributed by atoms with van der Waals surface area (Å²) in [7, 11) is 0. The summed E-state index contributed by atoms with van der Waals surface area (Å²) in [5.41, 5.74) is 13.3. The van der Waals surface area contributed by atoms with Gasteiger partial charge in [0.1, 0.15) is 11.6 Å². The number of halogens is 1. The second-order valence-corrected chi connectivity index (χ2v) is 7.13. The molecule has 0 radical (unpaired) electrons. The van der Waals surface area contributed by atoms with Crippen molar-refractivity contribution in [2.45, 2.75) is 26.5 Å². The van der Waals surface area contributed by atoms with Crippen LogP contribution in [-0.2, 0) is 20.7 Å². The van der Waals surface area contributed by atoms with Gasteiger partial charge in [-0.2, -0.15) is 0 Å². The zero-order valence-electron chi connectivity index (χ0n) is 16.1. The summed E-state index contributed by atoms with van der Waals surface area (Å²) < 4.78 is 11.9. The van der Waals surface area contributed by atoms with E-state index in [-0.39, 0.29) is 12.4 Å². The molecule has 0 fully saturated rings. The van der Waals surface area contributed by atoms with E-state index in [0.717, 1.165) is 10.0 Å². The molecule has 154 valence electrons. The summed E-state index contributed by atoms with van der Waals surface area (Å²) in [6.07, 6.45) is -0.262. The molecule has 0 spiro atoms. The van der Waals surface area contributed by atoms with E-state index in [9.17, 15) is 9.59 Å². The van der Waals surface area contributed by atoms with Crippen molar-refractivity contribution in [2.75, 3.05) is 11.9 Å². The van der Waals surface area contributed by atoms with Crippen molar-refractivity contribution in [1.82, 2.24) is 0 Å². The second kappa shape index (κ2) is 9.92.